The van der Waals surface area contributed by atoms with Crippen molar-refractivity contribution in [1.29, 1.82) is 0 Å². The van der Waals surface area contributed by atoms with Gasteiger partial charge in [-0.15, -0.1) is 6.10 Å². The third kappa shape index (κ3) is 14.8. The predicted octanol–water partition coefficient (Wildman–Crippen LogP) is 7.31. The van der Waals surface area contributed by atoms with Crippen LogP contribution in [-0.4, -0.2) is 14.5 Å². The second kappa shape index (κ2) is 18.4. The normalized spacial score (nSPS) is 11.5. The molecular formula is C25H46O3STi. The summed E-state index contributed by atoms with van der Waals surface area (Å²) in [5.41, 5.74) is 0. The molecule has 174 valence electrons. The minimum absolute atomic E-state index is 0.323. The monoisotopic (exact) mass is 474 g/mol. The first-order valence-corrected chi connectivity index (χ1v) is 17.4. The van der Waals surface area contributed by atoms with Crippen molar-refractivity contribution in [2.24, 2.45) is 0 Å². The van der Waals surface area contributed by atoms with E-state index in [9.17, 15) is 13.5 Å². The second-order valence-corrected chi connectivity index (χ2v) is 19.0. The van der Waals surface area contributed by atoms with E-state index < -0.39 is 30.1 Å². The first-order chi connectivity index (χ1) is 14.2. The van der Waals surface area contributed by atoms with E-state index in [0.29, 0.717) is 9.12 Å². The van der Waals surface area contributed by atoms with Crippen molar-refractivity contribution >= 4 is 7.42 Å². The van der Waals surface area contributed by atoms with Crippen LogP contribution in [-0.2, 0) is 24.0 Å². The molecule has 0 aliphatic rings. The van der Waals surface area contributed by atoms with Crippen LogP contribution >= 0.6 is 0 Å². The summed E-state index contributed by atoms with van der Waals surface area (Å²) in [5.74, 6) is 0. The molecule has 1 aromatic rings. The van der Waals surface area contributed by atoms with E-state index >= 15 is 0 Å². The van der Waals surface area contributed by atoms with Gasteiger partial charge < -0.3 is 5.11 Å². The standard InChI is InChI=1S/C13H27.C6H5O2S.C3H7O.C3H7.Ti/c1-3-5-7-9-11-13-12-10-8-6-4-2;7-9(8)6-4-2-1-3-5-6;1-3(2)4;1-3-2;/h1,3-13H2,2H3;1-5H;3H,1-2H3;3H,1-2H3;/q;;-1;;+1. The zero-order chi connectivity index (χ0) is 22.8. The first kappa shape index (κ1) is 29.8. The third-order valence-corrected chi connectivity index (χ3v) is 17.1. The zero-order valence-electron chi connectivity index (χ0n) is 20.2. The Morgan fingerprint density at radius 1 is 0.767 bits per heavy atom. The molecule has 0 aliphatic heterocycles. The Morgan fingerprint density at radius 2 is 1.17 bits per heavy atom. The van der Waals surface area contributed by atoms with Crippen molar-refractivity contribution in [3.63, 3.8) is 0 Å². The van der Waals surface area contributed by atoms with Crippen LogP contribution in [0.4, 0.5) is 0 Å². The van der Waals surface area contributed by atoms with Crippen LogP contribution in [0.2, 0.25) is 8.95 Å². The maximum absolute atomic E-state index is 13.0. The summed E-state index contributed by atoms with van der Waals surface area (Å²) in [7, 11) is -3.05. The van der Waals surface area contributed by atoms with Crippen LogP contribution in [0.15, 0.2) is 35.2 Å². The third-order valence-electron chi connectivity index (χ3n) is 5.07. The molecule has 0 spiro atoms. The quantitative estimate of drug-likeness (QED) is 0.198. The van der Waals surface area contributed by atoms with Crippen LogP contribution < -0.4 is 5.11 Å². The summed E-state index contributed by atoms with van der Waals surface area (Å²) in [5, 5.41) is 9.53. The maximum atomic E-state index is 13.0. The van der Waals surface area contributed by atoms with Gasteiger partial charge >= 0.3 is 161 Å². The molecule has 0 aromatic heterocycles. The molecule has 1 rings (SSSR count). The van der Waals surface area contributed by atoms with Crippen molar-refractivity contribution in [3.8, 4) is 0 Å². The average Bonchev–Trinajstić information content (AvgIpc) is 2.68. The molecule has 0 bridgehead atoms. The van der Waals surface area contributed by atoms with Crippen LogP contribution in [0.25, 0.3) is 0 Å². The van der Waals surface area contributed by atoms with E-state index in [-0.39, 0.29) is 0 Å². The number of hydrogen-bond donors (Lipinski definition) is 0. The van der Waals surface area contributed by atoms with Crippen LogP contribution in [0.1, 0.15) is 105 Å². The number of benzene rings is 1. The summed E-state index contributed by atoms with van der Waals surface area (Å²) >= 11 is -2.17. The van der Waals surface area contributed by atoms with Gasteiger partial charge in [0.25, 0.3) is 0 Å². The van der Waals surface area contributed by atoms with Crippen molar-refractivity contribution in [2.75, 3.05) is 0 Å². The Labute approximate surface area is 192 Å². The van der Waals surface area contributed by atoms with Gasteiger partial charge in [-0.3, -0.25) is 0 Å². The predicted molar refractivity (Wildman–Crippen MR) is 125 cm³/mol. The number of rotatable bonds is 15. The van der Waals surface area contributed by atoms with E-state index in [1.807, 2.05) is 18.2 Å². The fourth-order valence-corrected chi connectivity index (χ4v) is 13.8. The van der Waals surface area contributed by atoms with Crippen molar-refractivity contribution in [3.05, 3.63) is 30.3 Å². The van der Waals surface area contributed by atoms with E-state index in [1.165, 1.54) is 64.2 Å². The Bertz CT molecular complexity index is 597. The Kier molecular flexibility index (Phi) is 18.3. The molecule has 0 saturated heterocycles. The summed E-state index contributed by atoms with van der Waals surface area (Å²) in [6.45, 7) is 9.70. The van der Waals surface area contributed by atoms with Crippen LogP contribution in [0.5, 0.6) is 0 Å². The van der Waals surface area contributed by atoms with Gasteiger partial charge in [0.2, 0.25) is 0 Å². The Balaban J connectivity index is 0.00000192. The van der Waals surface area contributed by atoms with Crippen LogP contribution in [0, 0.1) is 0 Å². The van der Waals surface area contributed by atoms with Gasteiger partial charge in [-0.05, 0) is 0 Å². The number of hydrogen-bond acceptors (Lipinski definition) is 3. The fourth-order valence-electron chi connectivity index (χ4n) is 3.45. The second-order valence-electron chi connectivity index (χ2n) is 8.77. The average molecular weight is 475 g/mol. The van der Waals surface area contributed by atoms with E-state index in [1.54, 1.807) is 26.0 Å². The first-order valence-electron chi connectivity index (χ1n) is 12.0. The molecular weight excluding hydrogens is 428 g/mol. The van der Waals surface area contributed by atoms with Crippen molar-refractivity contribution < 1.29 is 30.1 Å². The molecule has 5 heteroatoms. The van der Waals surface area contributed by atoms with Gasteiger partial charge in [0.05, 0.1) is 0 Å². The van der Waals surface area contributed by atoms with Gasteiger partial charge in [0, 0.05) is 0 Å². The molecule has 0 fully saturated rings. The fraction of sp³-hybridized carbons (Fsp3) is 0.760. The number of unbranched alkanes of at least 4 members (excludes halogenated alkanes) is 10. The van der Waals surface area contributed by atoms with E-state index in [4.69, 9.17) is 0 Å². The van der Waals surface area contributed by atoms with E-state index in [2.05, 4.69) is 20.8 Å². The molecule has 0 aliphatic carbocycles. The van der Waals surface area contributed by atoms with Gasteiger partial charge in [-0.2, -0.15) is 0 Å². The molecule has 0 N–H and O–H groups in total. The molecule has 0 heterocycles. The molecule has 0 atom stereocenters. The topological polar surface area (TPSA) is 57.2 Å². The molecule has 0 radical (unpaired) electrons. The van der Waals surface area contributed by atoms with Crippen molar-refractivity contribution in [2.45, 2.75) is 125 Å². The molecule has 3 nitrogen and oxygen atoms in total. The van der Waals surface area contributed by atoms with Gasteiger partial charge in [0.15, 0.2) is 0 Å². The summed E-state index contributed by atoms with van der Waals surface area (Å²) in [6.07, 6.45) is 14.1. The van der Waals surface area contributed by atoms with E-state index in [0.717, 1.165) is 11.1 Å². The summed E-state index contributed by atoms with van der Waals surface area (Å²) in [4.78, 5) is 0.548. The van der Waals surface area contributed by atoms with Gasteiger partial charge in [-0.25, -0.2) is 0 Å². The van der Waals surface area contributed by atoms with Crippen molar-refractivity contribution in [1.82, 2.24) is 0 Å². The minimum atomic E-state index is -3.05. The molecule has 0 saturated carbocycles. The Hall–Kier alpha value is -0.156. The molecule has 30 heavy (non-hydrogen) atoms. The van der Waals surface area contributed by atoms with Gasteiger partial charge in [-0.1, -0.05) is 20.8 Å². The Morgan fingerprint density at radius 3 is 1.57 bits per heavy atom. The zero-order valence-corrected chi connectivity index (χ0v) is 22.5. The molecule has 1 aromatic carbocycles. The van der Waals surface area contributed by atoms with Gasteiger partial charge in [0.1, 0.15) is 0 Å². The SMILES string of the molecule is CC(C)[O-].CCCCCCCCCCCC[CH2][Ti+]([CH](C)C)[S](=O)(=O)c1ccccc1. The van der Waals surface area contributed by atoms with Crippen LogP contribution in [0.3, 0.4) is 0 Å². The summed E-state index contributed by atoms with van der Waals surface area (Å²) < 4.78 is 27.2. The molecule has 0 amide bonds. The summed E-state index contributed by atoms with van der Waals surface area (Å²) in [6, 6.07) is 9.10. The molecule has 0 unspecified atom stereocenters.